The molecule has 0 saturated heterocycles. The van der Waals surface area contributed by atoms with Gasteiger partial charge in [-0.2, -0.15) is 0 Å². The first-order valence-corrected chi connectivity index (χ1v) is 11.7. The fourth-order valence-electron chi connectivity index (χ4n) is 3.73. The van der Waals surface area contributed by atoms with E-state index < -0.39 is 0 Å². The molecule has 1 aromatic carbocycles. The smallest absolute Gasteiger partial charge is 0.256 e. The number of nitrogens with zero attached hydrogens (tertiary/aromatic N) is 3. The molecule has 4 rings (SSSR count). The third-order valence-corrected chi connectivity index (χ3v) is 6.49. The van der Waals surface area contributed by atoms with Gasteiger partial charge in [-0.3, -0.25) is 9.69 Å². The van der Waals surface area contributed by atoms with Gasteiger partial charge in [0.1, 0.15) is 5.76 Å². The van der Waals surface area contributed by atoms with Crippen LogP contribution in [0, 0.1) is 6.92 Å². The summed E-state index contributed by atoms with van der Waals surface area (Å²) in [6.45, 7) is 4.80. The van der Waals surface area contributed by atoms with Gasteiger partial charge in [0.25, 0.3) is 5.56 Å². The van der Waals surface area contributed by atoms with Crippen LogP contribution in [0.1, 0.15) is 22.7 Å². The summed E-state index contributed by atoms with van der Waals surface area (Å²) in [4.78, 5) is 27.1. The van der Waals surface area contributed by atoms with Gasteiger partial charge in [-0.1, -0.05) is 11.8 Å². The Balaban J connectivity index is 1.47. The van der Waals surface area contributed by atoms with Crippen LogP contribution in [0.4, 0.5) is 0 Å². The molecule has 0 radical (unpaired) electrons. The number of nitrogens with one attached hydrogen (secondary N) is 1. The molecule has 0 aliphatic carbocycles. The molecule has 0 amide bonds. The Morgan fingerprint density at radius 3 is 2.76 bits per heavy atom. The molecule has 1 aliphatic rings. The number of oxazole rings is 1. The lowest BCUT2D eigenvalue weighted by Gasteiger charge is -2.27. The molecule has 2 aromatic heterocycles. The Kier molecular flexibility index (Phi) is 7.36. The van der Waals surface area contributed by atoms with Crippen LogP contribution in [-0.2, 0) is 23.5 Å². The van der Waals surface area contributed by atoms with Crippen molar-refractivity contribution >= 4 is 11.8 Å². The molecular formula is C23H28N4O5S. The van der Waals surface area contributed by atoms with Crippen molar-refractivity contribution in [2.75, 3.05) is 41.0 Å². The number of benzene rings is 1. The molecule has 0 fully saturated rings. The molecule has 9 nitrogen and oxygen atoms in total. The minimum absolute atomic E-state index is 0.0764. The SMILES string of the molecule is COCCN1CCc2nc(SCc3nc(-c4ccc(OC)c(OC)c4)oc3C)[nH]c(=O)c2C1. The van der Waals surface area contributed by atoms with Crippen molar-refractivity contribution in [2.24, 2.45) is 0 Å². The highest BCUT2D eigenvalue weighted by molar-refractivity contribution is 7.98. The number of hydrogen-bond acceptors (Lipinski definition) is 9. The van der Waals surface area contributed by atoms with Crippen molar-refractivity contribution in [3.8, 4) is 23.0 Å². The van der Waals surface area contributed by atoms with Crippen LogP contribution in [0.5, 0.6) is 11.5 Å². The van der Waals surface area contributed by atoms with E-state index in [1.807, 2.05) is 25.1 Å². The number of aromatic amines is 1. The summed E-state index contributed by atoms with van der Waals surface area (Å²) in [7, 11) is 4.87. The van der Waals surface area contributed by atoms with E-state index in [2.05, 4.69) is 14.9 Å². The van der Waals surface area contributed by atoms with E-state index in [1.165, 1.54) is 11.8 Å². The molecule has 10 heteroatoms. The molecule has 3 aromatic rings. The van der Waals surface area contributed by atoms with Gasteiger partial charge in [0, 0.05) is 44.5 Å². The van der Waals surface area contributed by atoms with Gasteiger partial charge >= 0.3 is 0 Å². The molecule has 176 valence electrons. The number of H-pyrrole nitrogens is 1. The highest BCUT2D eigenvalue weighted by Crippen LogP contribution is 2.33. The monoisotopic (exact) mass is 472 g/mol. The van der Waals surface area contributed by atoms with Crippen molar-refractivity contribution in [1.29, 1.82) is 0 Å². The summed E-state index contributed by atoms with van der Waals surface area (Å²) in [6, 6.07) is 5.53. The molecular weight excluding hydrogens is 444 g/mol. The summed E-state index contributed by atoms with van der Waals surface area (Å²) < 4.78 is 21.7. The summed E-state index contributed by atoms with van der Waals surface area (Å²) in [5, 5.41) is 0.596. The first-order chi connectivity index (χ1) is 16.0. The zero-order chi connectivity index (χ0) is 23.4. The summed E-state index contributed by atoms with van der Waals surface area (Å²) in [5.74, 6) is 3.01. The van der Waals surface area contributed by atoms with Gasteiger partial charge in [-0.15, -0.1) is 0 Å². The maximum atomic E-state index is 12.7. The fraction of sp³-hybridized carbons (Fsp3) is 0.435. The number of aromatic nitrogens is 3. The summed E-state index contributed by atoms with van der Waals surface area (Å²) >= 11 is 1.44. The lowest BCUT2D eigenvalue weighted by Crippen LogP contribution is -2.37. The minimum atomic E-state index is -0.0764. The largest absolute Gasteiger partial charge is 0.493 e. The van der Waals surface area contributed by atoms with Crippen LogP contribution < -0.4 is 15.0 Å². The number of thioether (sulfide) groups is 1. The second kappa shape index (κ2) is 10.4. The Morgan fingerprint density at radius 1 is 1.18 bits per heavy atom. The first-order valence-electron chi connectivity index (χ1n) is 10.7. The van der Waals surface area contributed by atoms with Crippen LogP contribution >= 0.6 is 11.8 Å². The highest BCUT2D eigenvalue weighted by atomic mass is 32.2. The molecule has 0 bridgehead atoms. The lowest BCUT2D eigenvalue weighted by atomic mass is 10.1. The fourth-order valence-corrected chi connectivity index (χ4v) is 4.61. The van der Waals surface area contributed by atoms with Gasteiger partial charge in [-0.05, 0) is 25.1 Å². The Bertz CT molecular complexity index is 1180. The van der Waals surface area contributed by atoms with E-state index in [-0.39, 0.29) is 5.56 Å². The van der Waals surface area contributed by atoms with Gasteiger partial charge in [0.05, 0.1) is 37.8 Å². The lowest BCUT2D eigenvalue weighted by molar-refractivity contribution is 0.139. The van der Waals surface area contributed by atoms with Gasteiger partial charge in [0.15, 0.2) is 16.7 Å². The van der Waals surface area contributed by atoms with E-state index in [0.717, 1.165) is 47.8 Å². The number of methoxy groups -OCH3 is 3. The number of fused-ring (bicyclic) bond motifs is 1. The van der Waals surface area contributed by atoms with Gasteiger partial charge in [-0.25, -0.2) is 9.97 Å². The van der Waals surface area contributed by atoms with E-state index in [1.54, 1.807) is 21.3 Å². The number of ether oxygens (including phenoxy) is 3. The summed E-state index contributed by atoms with van der Waals surface area (Å²) in [6.07, 6.45) is 0.753. The third-order valence-electron chi connectivity index (χ3n) is 5.61. The standard InChI is InChI=1S/C23H28N4O5S/c1-14-18(24-22(32-14)15-5-6-19(30-3)20(11-15)31-4)13-33-23-25-17-7-8-27(9-10-29-2)12-16(17)21(28)26-23/h5-6,11H,7-10,12-13H2,1-4H3,(H,25,26,28). The molecule has 0 atom stereocenters. The van der Waals surface area contributed by atoms with Crippen molar-refractivity contribution < 1.29 is 18.6 Å². The number of rotatable bonds is 9. The maximum absolute atomic E-state index is 12.7. The van der Waals surface area contributed by atoms with Crippen molar-refractivity contribution in [3.63, 3.8) is 0 Å². The molecule has 0 unspecified atom stereocenters. The average molecular weight is 473 g/mol. The molecule has 0 saturated carbocycles. The van der Waals surface area contributed by atoms with E-state index in [4.69, 9.17) is 23.6 Å². The van der Waals surface area contributed by atoms with Gasteiger partial charge < -0.3 is 23.6 Å². The van der Waals surface area contributed by atoms with E-state index in [0.29, 0.717) is 41.5 Å². The normalized spacial score (nSPS) is 13.7. The minimum Gasteiger partial charge on any atom is -0.493 e. The summed E-state index contributed by atoms with van der Waals surface area (Å²) in [5.41, 5.74) is 3.14. The third kappa shape index (κ3) is 5.23. The van der Waals surface area contributed by atoms with Crippen molar-refractivity contribution in [2.45, 2.75) is 30.8 Å². The Hall–Kier alpha value is -2.82. The Morgan fingerprint density at radius 2 is 2.00 bits per heavy atom. The topological polar surface area (TPSA) is 103 Å². The zero-order valence-corrected chi connectivity index (χ0v) is 20.1. The van der Waals surface area contributed by atoms with Crippen LogP contribution in [0.2, 0.25) is 0 Å². The number of hydrogen-bond donors (Lipinski definition) is 1. The van der Waals surface area contributed by atoms with E-state index in [9.17, 15) is 4.79 Å². The second-order valence-corrected chi connectivity index (χ2v) is 8.66. The van der Waals surface area contributed by atoms with Crippen LogP contribution in [0.15, 0.2) is 32.6 Å². The Labute approximate surface area is 196 Å². The van der Waals surface area contributed by atoms with Crippen molar-refractivity contribution in [1.82, 2.24) is 19.9 Å². The highest BCUT2D eigenvalue weighted by Gasteiger charge is 2.21. The predicted octanol–water partition coefficient (Wildman–Crippen LogP) is 3.05. The number of aryl methyl sites for hydroxylation is 1. The predicted molar refractivity (Wildman–Crippen MR) is 125 cm³/mol. The maximum Gasteiger partial charge on any atom is 0.256 e. The van der Waals surface area contributed by atoms with Crippen molar-refractivity contribution in [3.05, 3.63) is 51.3 Å². The molecule has 33 heavy (non-hydrogen) atoms. The van der Waals surface area contributed by atoms with E-state index >= 15 is 0 Å². The molecule has 1 N–H and O–H groups in total. The van der Waals surface area contributed by atoms with Gasteiger partial charge in [0.2, 0.25) is 5.89 Å². The van der Waals surface area contributed by atoms with Crippen LogP contribution in [0.25, 0.3) is 11.5 Å². The zero-order valence-electron chi connectivity index (χ0n) is 19.3. The average Bonchev–Trinajstić information content (AvgIpc) is 3.21. The molecule has 1 aliphatic heterocycles. The van der Waals surface area contributed by atoms with Crippen LogP contribution in [-0.4, -0.2) is 60.9 Å². The second-order valence-electron chi connectivity index (χ2n) is 7.70. The molecule has 3 heterocycles. The van der Waals surface area contributed by atoms with Crippen LogP contribution in [0.3, 0.4) is 0 Å². The first kappa shape index (κ1) is 23.3. The quantitative estimate of drug-likeness (QED) is 0.372. The molecule has 0 spiro atoms.